The lowest BCUT2D eigenvalue weighted by Gasteiger charge is -2.38. The Morgan fingerprint density at radius 1 is 1.31 bits per heavy atom. The molecule has 0 amide bonds. The molecule has 32 heavy (non-hydrogen) atoms. The SMILES string of the molecule is C/C(N)=C/C(N)=N\c1nc(NC(C)c2ncc(F)cc2F)nc(N2CCOC(C)(C)C2)n1. The van der Waals surface area contributed by atoms with Crippen molar-refractivity contribution < 1.29 is 13.5 Å². The van der Waals surface area contributed by atoms with E-state index in [1.54, 1.807) is 13.8 Å². The second-order valence-corrected chi connectivity index (χ2v) is 8.10. The highest BCUT2D eigenvalue weighted by atomic mass is 19.1. The van der Waals surface area contributed by atoms with Crippen molar-refractivity contribution in [3.63, 3.8) is 0 Å². The van der Waals surface area contributed by atoms with Gasteiger partial charge in [-0.1, -0.05) is 0 Å². The van der Waals surface area contributed by atoms with Gasteiger partial charge in [0.25, 0.3) is 5.95 Å². The molecule has 0 bridgehead atoms. The third kappa shape index (κ3) is 6.06. The maximum absolute atomic E-state index is 14.2. The molecular weight excluding hydrogens is 420 g/mol. The van der Waals surface area contributed by atoms with Crippen LogP contribution in [0.3, 0.4) is 0 Å². The van der Waals surface area contributed by atoms with Crippen molar-refractivity contribution in [2.45, 2.75) is 39.3 Å². The van der Waals surface area contributed by atoms with E-state index in [1.807, 2.05) is 18.7 Å². The monoisotopic (exact) mass is 447 g/mol. The number of hydrogen-bond acceptors (Lipinski definition) is 9. The number of rotatable bonds is 6. The highest BCUT2D eigenvalue weighted by Crippen LogP contribution is 2.24. The fourth-order valence-corrected chi connectivity index (χ4v) is 3.18. The number of morpholine rings is 1. The molecule has 1 unspecified atom stereocenters. The summed E-state index contributed by atoms with van der Waals surface area (Å²) < 4.78 is 33.1. The Morgan fingerprint density at radius 3 is 2.72 bits per heavy atom. The number of nitrogens with two attached hydrogens (primary N) is 2. The number of ether oxygens (including phenoxy) is 1. The van der Waals surface area contributed by atoms with E-state index < -0.39 is 23.3 Å². The first-order chi connectivity index (χ1) is 15.0. The summed E-state index contributed by atoms with van der Waals surface area (Å²) in [4.78, 5) is 23.1. The number of hydrogen-bond donors (Lipinski definition) is 3. The molecule has 1 saturated heterocycles. The van der Waals surface area contributed by atoms with Crippen LogP contribution in [0.15, 0.2) is 29.0 Å². The van der Waals surface area contributed by atoms with Crippen LogP contribution >= 0.6 is 0 Å². The number of aliphatic imine (C=N–C) groups is 1. The maximum atomic E-state index is 14.2. The Hall–Kier alpha value is -3.41. The van der Waals surface area contributed by atoms with E-state index in [0.29, 0.717) is 31.3 Å². The summed E-state index contributed by atoms with van der Waals surface area (Å²) in [6, 6.07) is 0.111. The van der Waals surface area contributed by atoms with E-state index in [9.17, 15) is 8.78 Å². The van der Waals surface area contributed by atoms with Gasteiger partial charge in [0.05, 0.1) is 30.1 Å². The lowest BCUT2D eigenvalue weighted by molar-refractivity contribution is -0.0281. The molecule has 1 atom stereocenters. The molecular formula is C20H27F2N9O. The van der Waals surface area contributed by atoms with Crippen LogP contribution in [0.5, 0.6) is 0 Å². The van der Waals surface area contributed by atoms with Crippen molar-refractivity contribution in [1.82, 2.24) is 19.9 Å². The summed E-state index contributed by atoms with van der Waals surface area (Å²) in [5, 5.41) is 2.98. The van der Waals surface area contributed by atoms with Crippen molar-refractivity contribution in [2.24, 2.45) is 16.5 Å². The van der Waals surface area contributed by atoms with Gasteiger partial charge in [-0.2, -0.15) is 19.9 Å². The minimum atomic E-state index is -0.778. The lowest BCUT2D eigenvalue weighted by atomic mass is 10.1. The fraction of sp³-hybridized carbons (Fsp3) is 0.450. The van der Waals surface area contributed by atoms with Crippen LogP contribution in [0.2, 0.25) is 0 Å². The number of pyridine rings is 1. The molecule has 0 aromatic carbocycles. The van der Waals surface area contributed by atoms with Crippen molar-refractivity contribution >= 4 is 23.7 Å². The van der Waals surface area contributed by atoms with Crippen LogP contribution in [0.1, 0.15) is 39.4 Å². The standard InChI is InChI=1S/C20H27F2N9O/c1-11(23)7-15(24)27-18-28-17(26-12(2)16-14(22)8-13(21)9-25-16)29-19(30-18)31-5-6-32-20(3,4)10-31/h7-9,12H,5-6,10,23H2,1-4H3,(H3,24,26,27,28,29,30)/b11-7-. The number of aromatic nitrogens is 4. The average Bonchev–Trinajstić information content (AvgIpc) is 2.66. The fourth-order valence-electron chi connectivity index (χ4n) is 3.18. The molecule has 2 aromatic heterocycles. The molecule has 1 aliphatic rings. The van der Waals surface area contributed by atoms with Crippen molar-refractivity contribution in [2.75, 3.05) is 29.9 Å². The van der Waals surface area contributed by atoms with Crippen LogP contribution in [0.4, 0.5) is 26.6 Å². The first-order valence-corrected chi connectivity index (χ1v) is 10.0. The number of nitrogens with one attached hydrogen (secondary N) is 1. The molecule has 172 valence electrons. The minimum Gasteiger partial charge on any atom is -0.402 e. The van der Waals surface area contributed by atoms with Crippen LogP contribution in [0.25, 0.3) is 0 Å². The molecule has 0 radical (unpaired) electrons. The average molecular weight is 447 g/mol. The molecule has 3 rings (SSSR count). The van der Waals surface area contributed by atoms with Crippen LogP contribution in [-0.4, -0.2) is 51.1 Å². The largest absolute Gasteiger partial charge is 0.402 e. The Morgan fingerprint density at radius 2 is 2.06 bits per heavy atom. The molecule has 1 fully saturated rings. The Kier molecular flexibility index (Phi) is 6.82. The summed E-state index contributed by atoms with van der Waals surface area (Å²) in [6.45, 7) is 8.88. The summed E-state index contributed by atoms with van der Waals surface area (Å²) in [5.74, 6) is -0.867. The molecule has 10 nitrogen and oxygen atoms in total. The van der Waals surface area contributed by atoms with Gasteiger partial charge in [-0.25, -0.2) is 8.78 Å². The molecule has 3 heterocycles. The van der Waals surface area contributed by atoms with E-state index in [-0.39, 0.29) is 23.4 Å². The smallest absolute Gasteiger partial charge is 0.257 e. The van der Waals surface area contributed by atoms with Gasteiger partial charge in [-0.05, 0) is 33.8 Å². The highest BCUT2D eigenvalue weighted by molar-refractivity contribution is 5.93. The molecule has 1 aliphatic heterocycles. The van der Waals surface area contributed by atoms with Gasteiger partial charge in [-0.15, -0.1) is 0 Å². The van der Waals surface area contributed by atoms with Crippen molar-refractivity contribution in [1.29, 1.82) is 0 Å². The van der Waals surface area contributed by atoms with Gasteiger partial charge in [0.15, 0.2) is 0 Å². The zero-order valence-electron chi connectivity index (χ0n) is 18.4. The molecule has 2 aromatic rings. The van der Waals surface area contributed by atoms with Gasteiger partial charge in [0, 0.05) is 24.9 Å². The Bertz CT molecular complexity index is 1040. The van der Waals surface area contributed by atoms with Gasteiger partial charge in [-0.3, -0.25) is 4.98 Å². The first kappa shape index (κ1) is 23.3. The Labute approximate surface area is 184 Å². The lowest BCUT2D eigenvalue weighted by Crippen LogP contribution is -2.49. The van der Waals surface area contributed by atoms with E-state index in [4.69, 9.17) is 16.2 Å². The molecule has 0 saturated carbocycles. The number of allylic oxidation sites excluding steroid dienone is 1. The maximum Gasteiger partial charge on any atom is 0.257 e. The van der Waals surface area contributed by atoms with E-state index >= 15 is 0 Å². The summed E-state index contributed by atoms with van der Waals surface area (Å²) in [6.07, 6.45) is 2.43. The quantitative estimate of drug-likeness (QED) is 0.449. The third-order valence-electron chi connectivity index (χ3n) is 4.52. The van der Waals surface area contributed by atoms with Crippen LogP contribution < -0.4 is 21.7 Å². The third-order valence-corrected chi connectivity index (χ3v) is 4.52. The number of halogens is 2. The zero-order chi connectivity index (χ0) is 23.5. The predicted octanol–water partition coefficient (Wildman–Crippen LogP) is 2.18. The molecule has 0 aliphatic carbocycles. The topological polar surface area (TPSA) is 140 Å². The summed E-state index contributed by atoms with van der Waals surface area (Å²) >= 11 is 0. The number of amidine groups is 1. The molecule has 12 heteroatoms. The predicted molar refractivity (Wildman–Crippen MR) is 117 cm³/mol. The van der Waals surface area contributed by atoms with Crippen molar-refractivity contribution in [3.8, 4) is 0 Å². The zero-order valence-corrected chi connectivity index (χ0v) is 18.4. The van der Waals surface area contributed by atoms with Crippen LogP contribution in [-0.2, 0) is 4.74 Å². The Balaban J connectivity index is 1.96. The number of nitrogens with zero attached hydrogens (tertiary/aromatic N) is 6. The van der Waals surface area contributed by atoms with Crippen LogP contribution in [0, 0.1) is 11.6 Å². The van der Waals surface area contributed by atoms with E-state index in [2.05, 4.69) is 30.2 Å². The highest BCUT2D eigenvalue weighted by Gasteiger charge is 2.29. The minimum absolute atomic E-state index is 0.0205. The van der Waals surface area contributed by atoms with E-state index in [1.165, 1.54) is 6.08 Å². The normalized spacial score (nSPS) is 17.9. The summed E-state index contributed by atoms with van der Waals surface area (Å²) in [7, 11) is 0. The second-order valence-electron chi connectivity index (χ2n) is 8.10. The second kappa shape index (κ2) is 9.39. The molecule has 5 N–H and O–H groups in total. The van der Waals surface area contributed by atoms with Crippen molar-refractivity contribution in [3.05, 3.63) is 41.4 Å². The van der Waals surface area contributed by atoms with E-state index in [0.717, 1.165) is 12.3 Å². The van der Waals surface area contributed by atoms with Gasteiger partial charge < -0.3 is 26.4 Å². The first-order valence-electron chi connectivity index (χ1n) is 10.0. The van der Waals surface area contributed by atoms with Gasteiger partial charge >= 0.3 is 0 Å². The number of anilines is 2. The van der Waals surface area contributed by atoms with Gasteiger partial charge in [0.2, 0.25) is 11.9 Å². The van der Waals surface area contributed by atoms with Gasteiger partial charge in [0.1, 0.15) is 17.5 Å². The molecule has 0 spiro atoms. The summed E-state index contributed by atoms with van der Waals surface area (Å²) in [5.41, 5.74) is 11.6.